The van der Waals surface area contributed by atoms with Crippen LogP contribution in [0.1, 0.15) is 31.0 Å². The highest BCUT2D eigenvalue weighted by atomic mass is 32.2. The normalized spacial score (nSPS) is 10.1. The van der Waals surface area contributed by atoms with Crippen molar-refractivity contribution in [1.29, 1.82) is 0 Å². The van der Waals surface area contributed by atoms with E-state index in [0.29, 0.717) is 18.7 Å². The molecule has 1 aromatic heterocycles. The van der Waals surface area contributed by atoms with E-state index >= 15 is 0 Å². The van der Waals surface area contributed by atoms with Gasteiger partial charge in [-0.1, -0.05) is 16.9 Å². The van der Waals surface area contributed by atoms with Gasteiger partial charge in [0.05, 0.1) is 6.61 Å². The Labute approximate surface area is 109 Å². The molecule has 1 aromatic rings. The SMILES string of the molecule is CCNC(=O)CCSc1nnc(C(=O)OCC)o1. The molecule has 0 atom stereocenters. The van der Waals surface area contributed by atoms with Gasteiger partial charge in [-0.2, -0.15) is 0 Å². The van der Waals surface area contributed by atoms with E-state index < -0.39 is 5.97 Å². The number of hydrogen-bond acceptors (Lipinski definition) is 7. The van der Waals surface area contributed by atoms with Crippen LogP contribution < -0.4 is 5.32 Å². The molecular formula is C10H15N3O4S. The van der Waals surface area contributed by atoms with Crippen molar-refractivity contribution in [2.75, 3.05) is 18.9 Å². The predicted molar refractivity (Wildman–Crippen MR) is 64.3 cm³/mol. The zero-order valence-corrected chi connectivity index (χ0v) is 11.1. The Morgan fingerprint density at radius 3 is 2.83 bits per heavy atom. The number of rotatable bonds is 7. The average Bonchev–Trinajstić information content (AvgIpc) is 2.78. The van der Waals surface area contributed by atoms with Crippen LogP contribution in [0.5, 0.6) is 0 Å². The highest BCUT2D eigenvalue weighted by Gasteiger charge is 2.16. The van der Waals surface area contributed by atoms with E-state index in [1.54, 1.807) is 6.92 Å². The summed E-state index contributed by atoms with van der Waals surface area (Å²) in [7, 11) is 0. The number of hydrogen-bond donors (Lipinski definition) is 1. The van der Waals surface area contributed by atoms with Crippen molar-refractivity contribution in [1.82, 2.24) is 15.5 Å². The van der Waals surface area contributed by atoms with Crippen LogP contribution in [0.4, 0.5) is 0 Å². The number of carbonyl (C=O) groups is 2. The molecule has 0 saturated carbocycles. The minimum absolute atomic E-state index is 0.0323. The van der Waals surface area contributed by atoms with Crippen LogP contribution in [0.25, 0.3) is 0 Å². The molecule has 1 N–H and O–H groups in total. The molecule has 1 heterocycles. The second-order valence-electron chi connectivity index (χ2n) is 3.15. The van der Waals surface area contributed by atoms with Crippen molar-refractivity contribution in [3.8, 4) is 0 Å². The number of esters is 1. The van der Waals surface area contributed by atoms with Gasteiger partial charge < -0.3 is 14.5 Å². The maximum atomic E-state index is 11.2. The Morgan fingerprint density at radius 2 is 2.17 bits per heavy atom. The van der Waals surface area contributed by atoms with E-state index in [9.17, 15) is 9.59 Å². The summed E-state index contributed by atoms with van der Waals surface area (Å²) < 4.78 is 9.78. The van der Waals surface area contributed by atoms with Gasteiger partial charge in [0.2, 0.25) is 5.91 Å². The highest BCUT2D eigenvalue weighted by molar-refractivity contribution is 7.99. The molecule has 18 heavy (non-hydrogen) atoms. The minimum Gasteiger partial charge on any atom is -0.459 e. The summed E-state index contributed by atoms with van der Waals surface area (Å²) in [5.41, 5.74) is 0. The minimum atomic E-state index is -0.638. The largest absolute Gasteiger partial charge is 0.459 e. The molecule has 1 amide bonds. The van der Waals surface area contributed by atoms with E-state index in [1.807, 2.05) is 6.92 Å². The lowest BCUT2D eigenvalue weighted by Gasteiger charge is -1.99. The molecule has 0 spiro atoms. The van der Waals surface area contributed by atoms with Crippen LogP contribution in [-0.4, -0.2) is 41.0 Å². The third kappa shape index (κ3) is 4.74. The number of nitrogens with zero attached hydrogens (tertiary/aromatic N) is 2. The van der Waals surface area contributed by atoms with Gasteiger partial charge in [-0.25, -0.2) is 4.79 Å². The molecule has 1 rings (SSSR count). The molecule has 0 aliphatic rings. The summed E-state index contributed by atoms with van der Waals surface area (Å²) in [4.78, 5) is 22.4. The summed E-state index contributed by atoms with van der Waals surface area (Å²) in [6.45, 7) is 4.41. The molecule has 8 heteroatoms. The van der Waals surface area contributed by atoms with Gasteiger partial charge in [-0.05, 0) is 13.8 Å². The number of amides is 1. The second-order valence-corrected chi connectivity index (χ2v) is 4.19. The van der Waals surface area contributed by atoms with Crippen LogP contribution in [0.2, 0.25) is 0 Å². The molecule has 0 saturated heterocycles. The molecule has 0 fully saturated rings. The summed E-state index contributed by atoms with van der Waals surface area (Å²) in [6, 6.07) is 0. The van der Waals surface area contributed by atoms with Gasteiger partial charge in [-0.3, -0.25) is 4.79 Å². The Bertz CT molecular complexity index is 408. The molecule has 0 aromatic carbocycles. The van der Waals surface area contributed by atoms with Crippen molar-refractivity contribution in [3.63, 3.8) is 0 Å². The van der Waals surface area contributed by atoms with Crippen LogP contribution >= 0.6 is 11.8 Å². The van der Waals surface area contributed by atoms with Gasteiger partial charge in [0.1, 0.15) is 0 Å². The lowest BCUT2D eigenvalue weighted by atomic mass is 10.4. The quantitative estimate of drug-likeness (QED) is 0.581. The summed E-state index contributed by atoms with van der Waals surface area (Å²) in [5.74, 6) is -0.330. The molecular weight excluding hydrogens is 258 g/mol. The lowest BCUT2D eigenvalue weighted by molar-refractivity contribution is -0.120. The molecule has 0 bridgehead atoms. The maximum absolute atomic E-state index is 11.2. The third-order valence-corrected chi connectivity index (χ3v) is 2.61. The number of aromatic nitrogens is 2. The van der Waals surface area contributed by atoms with Crippen molar-refractivity contribution in [3.05, 3.63) is 5.89 Å². The molecule has 0 aliphatic heterocycles. The van der Waals surface area contributed by atoms with Crippen LogP contribution in [0, 0.1) is 0 Å². The van der Waals surface area contributed by atoms with E-state index in [1.165, 1.54) is 11.8 Å². The third-order valence-electron chi connectivity index (χ3n) is 1.79. The maximum Gasteiger partial charge on any atom is 0.396 e. The van der Waals surface area contributed by atoms with Crippen LogP contribution in [0.3, 0.4) is 0 Å². The standard InChI is InChI=1S/C10H15N3O4S/c1-3-11-7(14)5-6-18-10-13-12-8(17-10)9(15)16-4-2/h3-6H2,1-2H3,(H,11,14). The summed E-state index contributed by atoms with van der Waals surface area (Å²) >= 11 is 1.22. The first kappa shape index (κ1) is 14.5. The molecule has 7 nitrogen and oxygen atoms in total. The number of nitrogens with one attached hydrogen (secondary N) is 1. The average molecular weight is 273 g/mol. The Balaban J connectivity index is 2.35. The predicted octanol–water partition coefficient (Wildman–Crippen LogP) is 0.865. The van der Waals surface area contributed by atoms with E-state index in [2.05, 4.69) is 15.5 Å². The van der Waals surface area contributed by atoms with Crippen LogP contribution in [0.15, 0.2) is 9.64 Å². The van der Waals surface area contributed by atoms with E-state index in [4.69, 9.17) is 9.15 Å². The fourth-order valence-corrected chi connectivity index (χ4v) is 1.76. The Hall–Kier alpha value is -1.57. The second kappa shape index (κ2) is 7.70. The van der Waals surface area contributed by atoms with Gasteiger partial charge >= 0.3 is 11.9 Å². The number of ether oxygens (including phenoxy) is 1. The Morgan fingerprint density at radius 1 is 1.39 bits per heavy atom. The highest BCUT2D eigenvalue weighted by Crippen LogP contribution is 2.17. The molecule has 100 valence electrons. The molecule has 0 radical (unpaired) electrons. The zero-order valence-electron chi connectivity index (χ0n) is 10.3. The van der Waals surface area contributed by atoms with Crippen molar-refractivity contribution in [2.45, 2.75) is 25.5 Å². The number of carbonyl (C=O) groups excluding carboxylic acids is 2. The molecule has 0 aliphatic carbocycles. The lowest BCUT2D eigenvalue weighted by Crippen LogP contribution is -2.22. The van der Waals surface area contributed by atoms with Crippen LogP contribution in [-0.2, 0) is 9.53 Å². The van der Waals surface area contributed by atoms with E-state index in [-0.39, 0.29) is 23.6 Å². The first-order valence-electron chi connectivity index (χ1n) is 5.57. The first-order valence-corrected chi connectivity index (χ1v) is 6.56. The van der Waals surface area contributed by atoms with Crippen molar-refractivity contribution in [2.24, 2.45) is 0 Å². The zero-order chi connectivity index (χ0) is 13.4. The van der Waals surface area contributed by atoms with Gasteiger partial charge in [0.15, 0.2) is 0 Å². The van der Waals surface area contributed by atoms with E-state index in [0.717, 1.165) is 0 Å². The smallest absolute Gasteiger partial charge is 0.396 e. The fourth-order valence-electron chi connectivity index (χ4n) is 1.06. The van der Waals surface area contributed by atoms with Crippen molar-refractivity contribution < 1.29 is 18.7 Å². The molecule has 0 unspecified atom stereocenters. The topological polar surface area (TPSA) is 94.3 Å². The van der Waals surface area contributed by atoms with Gasteiger partial charge in [-0.15, -0.1) is 5.10 Å². The summed E-state index contributed by atoms with van der Waals surface area (Å²) in [5, 5.41) is 10.2. The first-order chi connectivity index (χ1) is 8.67. The fraction of sp³-hybridized carbons (Fsp3) is 0.600. The Kier molecular flexibility index (Phi) is 6.20. The summed E-state index contributed by atoms with van der Waals surface area (Å²) in [6.07, 6.45) is 0.357. The van der Waals surface area contributed by atoms with Gasteiger partial charge in [0.25, 0.3) is 5.22 Å². The van der Waals surface area contributed by atoms with Crippen molar-refractivity contribution >= 4 is 23.6 Å². The monoisotopic (exact) mass is 273 g/mol. The van der Waals surface area contributed by atoms with Gasteiger partial charge in [0, 0.05) is 18.7 Å². The number of thioether (sulfide) groups is 1.